The summed E-state index contributed by atoms with van der Waals surface area (Å²) in [5.74, 6) is 0.0202. The van der Waals surface area contributed by atoms with Crippen LogP contribution in [0.2, 0.25) is 0 Å². The summed E-state index contributed by atoms with van der Waals surface area (Å²) < 4.78 is 2.17. The van der Waals surface area contributed by atoms with Crippen LogP contribution in [0.5, 0.6) is 0 Å². The molecule has 1 heterocycles. The summed E-state index contributed by atoms with van der Waals surface area (Å²) >= 11 is 5.10. The van der Waals surface area contributed by atoms with Crippen LogP contribution in [-0.4, -0.2) is 23.5 Å². The maximum Gasteiger partial charge on any atom is 0.220 e. The van der Waals surface area contributed by atoms with Crippen molar-refractivity contribution in [2.45, 2.75) is 25.3 Å². The Hall–Kier alpha value is -1.76. The zero-order valence-corrected chi connectivity index (χ0v) is 16.1. The van der Waals surface area contributed by atoms with Gasteiger partial charge in [-0.1, -0.05) is 46.3 Å². The minimum Gasteiger partial charge on any atom is -0.352 e. The second-order valence-electron chi connectivity index (χ2n) is 5.91. The number of hydrogen-bond donors (Lipinski definition) is 2. The molecule has 0 radical (unpaired) electrons. The van der Waals surface area contributed by atoms with Crippen LogP contribution >= 0.6 is 27.3 Å². The number of thiazole rings is 1. The molecule has 0 saturated carbocycles. The topological polar surface area (TPSA) is 68.0 Å². The summed E-state index contributed by atoms with van der Waals surface area (Å²) in [5.41, 5.74) is 7.97. The largest absolute Gasteiger partial charge is 0.352 e. The fourth-order valence-corrected chi connectivity index (χ4v) is 4.18. The summed E-state index contributed by atoms with van der Waals surface area (Å²) in [5, 5.41) is 4.02. The fourth-order valence-electron chi connectivity index (χ4n) is 2.67. The number of benzene rings is 2. The Bertz CT molecular complexity index is 850. The minimum atomic E-state index is -0.0405. The van der Waals surface area contributed by atoms with Gasteiger partial charge < -0.3 is 11.1 Å². The summed E-state index contributed by atoms with van der Waals surface area (Å²) in [6, 6.07) is 16.1. The summed E-state index contributed by atoms with van der Waals surface area (Å²) in [7, 11) is 0. The van der Waals surface area contributed by atoms with Crippen LogP contribution in [0, 0.1) is 0 Å². The van der Waals surface area contributed by atoms with E-state index in [2.05, 4.69) is 32.3 Å². The Morgan fingerprint density at radius 1 is 1.24 bits per heavy atom. The Balaban J connectivity index is 1.54. The molecule has 0 saturated heterocycles. The van der Waals surface area contributed by atoms with Crippen molar-refractivity contribution in [2.24, 2.45) is 5.73 Å². The highest BCUT2D eigenvalue weighted by Gasteiger charge is 2.13. The van der Waals surface area contributed by atoms with Crippen LogP contribution in [0.15, 0.2) is 53.0 Å². The van der Waals surface area contributed by atoms with Crippen molar-refractivity contribution in [3.05, 3.63) is 63.6 Å². The molecule has 0 aliphatic rings. The number of nitrogens with zero attached hydrogens (tertiary/aromatic N) is 1. The van der Waals surface area contributed by atoms with E-state index in [0.29, 0.717) is 19.4 Å². The lowest BCUT2D eigenvalue weighted by molar-refractivity contribution is -0.121. The molecular formula is C19H20BrN3OS. The lowest BCUT2D eigenvalue weighted by Crippen LogP contribution is -2.41. The van der Waals surface area contributed by atoms with Gasteiger partial charge in [0.25, 0.3) is 0 Å². The maximum absolute atomic E-state index is 12.2. The molecule has 0 spiro atoms. The number of nitrogens with one attached hydrogen (secondary N) is 1. The highest BCUT2D eigenvalue weighted by atomic mass is 79.9. The molecule has 1 amide bonds. The summed E-state index contributed by atoms with van der Waals surface area (Å²) in [6.07, 6.45) is 1.82. The van der Waals surface area contributed by atoms with E-state index >= 15 is 0 Å². The molecule has 0 bridgehead atoms. The monoisotopic (exact) mass is 417 g/mol. The number of carbonyl (C=O) groups excluding carboxylic acids is 1. The summed E-state index contributed by atoms with van der Waals surface area (Å²) in [4.78, 5) is 16.8. The van der Waals surface area contributed by atoms with Crippen molar-refractivity contribution in [1.29, 1.82) is 0 Å². The first-order valence-corrected chi connectivity index (χ1v) is 9.83. The molecule has 1 atom stereocenters. The summed E-state index contributed by atoms with van der Waals surface area (Å²) in [6.45, 7) is 0.426. The molecule has 3 aromatic rings. The minimum absolute atomic E-state index is 0.0202. The first kappa shape index (κ1) is 18.0. The van der Waals surface area contributed by atoms with Crippen LogP contribution in [0.1, 0.15) is 17.0 Å². The number of halogens is 1. The third-order valence-electron chi connectivity index (χ3n) is 3.94. The number of nitrogens with two attached hydrogens (primary N) is 1. The third-order valence-corrected chi connectivity index (χ3v) is 5.51. The van der Waals surface area contributed by atoms with Gasteiger partial charge >= 0.3 is 0 Å². The molecule has 25 heavy (non-hydrogen) atoms. The van der Waals surface area contributed by atoms with Crippen LogP contribution in [0.3, 0.4) is 0 Å². The van der Waals surface area contributed by atoms with Gasteiger partial charge in [-0.2, -0.15) is 0 Å². The highest BCUT2D eigenvalue weighted by molar-refractivity contribution is 9.10. The first-order chi connectivity index (χ1) is 12.1. The van der Waals surface area contributed by atoms with Gasteiger partial charge in [0, 0.05) is 29.9 Å². The van der Waals surface area contributed by atoms with E-state index in [1.54, 1.807) is 11.3 Å². The lowest BCUT2D eigenvalue weighted by Gasteiger charge is -2.16. The quantitative estimate of drug-likeness (QED) is 0.615. The first-order valence-electron chi connectivity index (χ1n) is 8.22. The number of hydrogen-bond acceptors (Lipinski definition) is 4. The average molecular weight is 418 g/mol. The van der Waals surface area contributed by atoms with Crippen molar-refractivity contribution >= 4 is 43.4 Å². The second kappa shape index (κ2) is 8.56. The molecule has 130 valence electrons. The zero-order chi connectivity index (χ0) is 17.6. The number of carbonyl (C=O) groups is 1. The Labute approximate surface area is 159 Å². The van der Waals surface area contributed by atoms with Crippen molar-refractivity contribution in [1.82, 2.24) is 10.3 Å². The predicted molar refractivity (Wildman–Crippen MR) is 107 cm³/mol. The Kier molecular flexibility index (Phi) is 6.18. The van der Waals surface area contributed by atoms with Gasteiger partial charge in [-0.05, 0) is 30.2 Å². The Morgan fingerprint density at radius 2 is 2.04 bits per heavy atom. The third kappa shape index (κ3) is 5.11. The molecule has 6 heteroatoms. The number of amides is 1. The molecule has 4 nitrogen and oxygen atoms in total. The van der Waals surface area contributed by atoms with E-state index < -0.39 is 0 Å². The maximum atomic E-state index is 12.2. The van der Waals surface area contributed by atoms with E-state index in [1.165, 1.54) is 5.56 Å². The number of aromatic nitrogens is 1. The molecule has 3 N–H and O–H groups in total. The number of aryl methyl sites for hydroxylation is 1. The van der Waals surface area contributed by atoms with Gasteiger partial charge in [0.15, 0.2) is 0 Å². The van der Waals surface area contributed by atoms with E-state index in [1.807, 2.05) is 42.5 Å². The van der Waals surface area contributed by atoms with E-state index in [0.717, 1.165) is 26.1 Å². The molecule has 2 aromatic carbocycles. The molecule has 3 rings (SSSR count). The number of fused-ring (bicyclic) bond motifs is 1. The van der Waals surface area contributed by atoms with Crippen LogP contribution < -0.4 is 11.1 Å². The van der Waals surface area contributed by atoms with Crippen LogP contribution in [0.4, 0.5) is 0 Å². The highest BCUT2D eigenvalue weighted by Crippen LogP contribution is 2.26. The second-order valence-corrected chi connectivity index (χ2v) is 7.94. The van der Waals surface area contributed by atoms with Gasteiger partial charge in [-0.3, -0.25) is 4.79 Å². The molecule has 0 aliphatic carbocycles. The number of rotatable bonds is 7. The SMILES string of the molecule is NCC(Cc1ccccc1)NC(=O)CCc1nc2ccc(Br)cc2s1. The van der Waals surface area contributed by atoms with E-state index in [4.69, 9.17) is 5.73 Å². The average Bonchev–Trinajstić information content (AvgIpc) is 3.02. The van der Waals surface area contributed by atoms with Gasteiger partial charge in [-0.15, -0.1) is 11.3 Å². The lowest BCUT2D eigenvalue weighted by atomic mass is 10.1. The van der Waals surface area contributed by atoms with Crippen molar-refractivity contribution in [2.75, 3.05) is 6.54 Å². The molecular weight excluding hydrogens is 398 g/mol. The van der Waals surface area contributed by atoms with Gasteiger partial charge in [0.05, 0.1) is 15.2 Å². The standard InChI is InChI=1S/C19H20BrN3OS/c20-14-6-7-16-17(11-14)25-19(23-16)9-8-18(24)22-15(12-21)10-13-4-2-1-3-5-13/h1-7,11,15H,8-10,12,21H2,(H,22,24). The van der Waals surface area contributed by atoms with Crippen molar-refractivity contribution < 1.29 is 4.79 Å². The smallest absolute Gasteiger partial charge is 0.220 e. The fraction of sp³-hybridized carbons (Fsp3) is 0.263. The van der Waals surface area contributed by atoms with Gasteiger partial charge in [0.1, 0.15) is 0 Å². The molecule has 0 aliphatic heterocycles. The van der Waals surface area contributed by atoms with E-state index in [9.17, 15) is 4.79 Å². The molecule has 1 unspecified atom stereocenters. The van der Waals surface area contributed by atoms with Crippen LogP contribution in [-0.2, 0) is 17.6 Å². The van der Waals surface area contributed by atoms with E-state index in [-0.39, 0.29) is 11.9 Å². The van der Waals surface area contributed by atoms with Crippen LogP contribution in [0.25, 0.3) is 10.2 Å². The molecule has 1 aromatic heterocycles. The predicted octanol–water partition coefficient (Wildman–Crippen LogP) is 3.68. The van der Waals surface area contributed by atoms with Crippen molar-refractivity contribution in [3.8, 4) is 0 Å². The zero-order valence-electron chi connectivity index (χ0n) is 13.7. The van der Waals surface area contributed by atoms with Gasteiger partial charge in [0.2, 0.25) is 5.91 Å². The molecule has 0 fully saturated rings. The van der Waals surface area contributed by atoms with Crippen molar-refractivity contribution in [3.63, 3.8) is 0 Å². The van der Waals surface area contributed by atoms with Gasteiger partial charge in [-0.25, -0.2) is 4.98 Å². The Morgan fingerprint density at radius 3 is 2.80 bits per heavy atom. The normalized spacial score (nSPS) is 12.2.